The van der Waals surface area contributed by atoms with Gasteiger partial charge < -0.3 is 37.7 Å². The van der Waals surface area contributed by atoms with Crippen molar-refractivity contribution in [1.82, 2.24) is 9.80 Å². The van der Waals surface area contributed by atoms with E-state index in [1.54, 1.807) is 23.6 Å². The quantitative estimate of drug-likeness (QED) is 0.106. The van der Waals surface area contributed by atoms with E-state index in [-0.39, 0.29) is 53.3 Å². The van der Waals surface area contributed by atoms with Crippen LogP contribution in [0.25, 0.3) is 0 Å². The summed E-state index contributed by atoms with van der Waals surface area (Å²) in [5.74, 6) is -1.48. The fourth-order valence-electron chi connectivity index (χ4n) is 6.28. The molecule has 16 nitrogen and oxygen atoms in total. The summed E-state index contributed by atoms with van der Waals surface area (Å²) in [6, 6.07) is 1.47. The lowest BCUT2D eigenvalue weighted by molar-refractivity contribution is -0.144. The van der Waals surface area contributed by atoms with E-state index >= 15 is 0 Å². The lowest BCUT2D eigenvalue weighted by atomic mass is 9.98. The predicted octanol–water partition coefficient (Wildman–Crippen LogP) is 2.85. The fraction of sp³-hybridized carbons (Fsp3) is 0.594. The lowest BCUT2D eigenvalue weighted by Gasteiger charge is -2.34. The van der Waals surface area contributed by atoms with Gasteiger partial charge in [0.2, 0.25) is 0 Å². The molecule has 0 saturated carbocycles. The normalized spacial score (nSPS) is 21.2. The molecule has 0 aromatic carbocycles. The number of Topliss-reactive ketones (excluding diaryl/α,β-unsaturated/α-hetero) is 1. The SMILES string of the molecule is CCOC(=O)N1C2CCC1CC(=O)C2.CCOC(=O)N1C2CCC1c1cc(C(=O)OC)c(=O)oc1C2.COC=C(C(=O)OC)C(=O)OC. The van der Waals surface area contributed by atoms with Crippen LogP contribution in [0.15, 0.2) is 27.1 Å². The summed E-state index contributed by atoms with van der Waals surface area (Å²) in [6.07, 6.45) is 5.34. The molecule has 0 aliphatic carbocycles. The highest BCUT2D eigenvalue weighted by molar-refractivity contribution is 6.13. The van der Waals surface area contributed by atoms with E-state index in [1.165, 1.54) is 20.3 Å². The third kappa shape index (κ3) is 8.52. The minimum absolute atomic E-state index is 0.0244. The number of hydrogen-bond acceptors (Lipinski definition) is 14. The first-order chi connectivity index (χ1) is 22.9. The van der Waals surface area contributed by atoms with Crippen LogP contribution in [0.1, 0.15) is 80.1 Å². The number of ketones is 1. The average Bonchev–Trinajstić information content (AvgIpc) is 3.55. The van der Waals surface area contributed by atoms with Gasteiger partial charge in [-0.15, -0.1) is 0 Å². The number of methoxy groups -OCH3 is 4. The Bertz CT molecular complexity index is 1430. The largest absolute Gasteiger partial charge is 0.503 e. The highest BCUT2D eigenvalue weighted by Gasteiger charge is 2.45. The van der Waals surface area contributed by atoms with Crippen LogP contribution in [0.5, 0.6) is 0 Å². The Labute approximate surface area is 277 Å². The van der Waals surface area contributed by atoms with Gasteiger partial charge in [-0.1, -0.05) is 0 Å². The van der Waals surface area contributed by atoms with Gasteiger partial charge in [-0.2, -0.15) is 0 Å². The number of carbonyl (C=O) groups excluding carboxylic acids is 6. The topological polar surface area (TPSA) is 194 Å². The number of nitrogens with zero attached hydrogens (tertiary/aromatic N) is 2. The maximum atomic E-state index is 12.1. The van der Waals surface area contributed by atoms with Crippen molar-refractivity contribution in [2.75, 3.05) is 41.7 Å². The molecule has 3 fully saturated rings. The molecule has 1 aromatic heterocycles. The van der Waals surface area contributed by atoms with E-state index in [9.17, 15) is 33.6 Å². The van der Waals surface area contributed by atoms with Gasteiger partial charge in [-0.3, -0.25) is 9.69 Å². The van der Waals surface area contributed by atoms with Crippen molar-refractivity contribution >= 4 is 35.9 Å². The molecule has 4 aliphatic heterocycles. The van der Waals surface area contributed by atoms with E-state index in [0.717, 1.165) is 46.2 Å². The maximum absolute atomic E-state index is 12.1. The Kier molecular flexibility index (Phi) is 13.6. The van der Waals surface area contributed by atoms with Gasteiger partial charge in [0.1, 0.15) is 23.4 Å². The van der Waals surface area contributed by atoms with Crippen LogP contribution in [0.2, 0.25) is 0 Å². The number of amides is 2. The molecule has 3 saturated heterocycles. The lowest BCUT2D eigenvalue weighted by Crippen LogP contribution is -2.46. The second-order valence-corrected chi connectivity index (χ2v) is 11.1. The van der Waals surface area contributed by atoms with Crippen molar-refractivity contribution in [3.8, 4) is 0 Å². The van der Waals surface area contributed by atoms with Gasteiger partial charge in [0.15, 0.2) is 5.57 Å². The molecule has 4 aliphatic rings. The van der Waals surface area contributed by atoms with Gasteiger partial charge in [0.05, 0.1) is 47.7 Å². The number of hydrogen-bond donors (Lipinski definition) is 0. The van der Waals surface area contributed by atoms with Crippen molar-refractivity contribution in [1.29, 1.82) is 0 Å². The minimum Gasteiger partial charge on any atom is -0.503 e. The van der Waals surface area contributed by atoms with Gasteiger partial charge in [-0.05, 0) is 45.6 Å². The Morgan fingerprint density at radius 1 is 0.771 bits per heavy atom. The standard InChI is InChI=1S/C15H17NO6.C10H15NO3.C7H10O5/c1-3-21-15(19)16-8-4-5-11(16)9-7-10(13(17)20-2)14(18)22-12(9)6-8;1-2-14-10(13)11-7-3-4-8(11)6-9(12)5-7;1-10-4-5(6(8)11-2)7(9)12-3/h7-8,11H,3-6H2,1-2H3;7-8H,2-6H2,1H3;4H,1-3H3. The van der Waals surface area contributed by atoms with Crippen molar-refractivity contribution in [3.63, 3.8) is 0 Å². The molecule has 16 heteroatoms. The van der Waals surface area contributed by atoms with Crippen molar-refractivity contribution in [2.45, 2.75) is 83.0 Å². The van der Waals surface area contributed by atoms with Crippen LogP contribution in [0.4, 0.5) is 9.59 Å². The molecule has 2 amide bonds. The number of ether oxygens (including phenoxy) is 6. The number of carbonyl (C=O) groups is 6. The summed E-state index contributed by atoms with van der Waals surface area (Å²) in [7, 11) is 4.84. The first kappa shape index (κ1) is 37.6. The molecule has 48 heavy (non-hydrogen) atoms. The highest BCUT2D eigenvalue weighted by atomic mass is 16.6. The Morgan fingerprint density at radius 2 is 1.29 bits per heavy atom. The summed E-state index contributed by atoms with van der Waals surface area (Å²) in [4.78, 5) is 83.6. The molecular formula is C32H42N2O14. The molecule has 0 spiro atoms. The fourth-order valence-corrected chi connectivity index (χ4v) is 6.28. The summed E-state index contributed by atoms with van der Waals surface area (Å²) in [6.45, 7) is 4.27. The number of esters is 3. The van der Waals surface area contributed by atoms with E-state index < -0.39 is 23.5 Å². The van der Waals surface area contributed by atoms with Crippen molar-refractivity contribution < 1.29 is 61.6 Å². The van der Waals surface area contributed by atoms with Gasteiger partial charge in [0.25, 0.3) is 0 Å². The summed E-state index contributed by atoms with van der Waals surface area (Å²) >= 11 is 0. The summed E-state index contributed by atoms with van der Waals surface area (Å²) in [5.41, 5.74) is -0.422. The van der Waals surface area contributed by atoms with E-state index in [4.69, 9.17) is 13.9 Å². The second kappa shape index (κ2) is 17.3. The molecule has 4 unspecified atom stereocenters. The molecule has 0 N–H and O–H groups in total. The molecule has 5 rings (SSSR count). The summed E-state index contributed by atoms with van der Waals surface area (Å²) < 4.78 is 33.0. The average molecular weight is 679 g/mol. The molecular weight excluding hydrogens is 636 g/mol. The van der Waals surface area contributed by atoms with Crippen LogP contribution in [-0.4, -0.2) is 105 Å². The Balaban J connectivity index is 0.000000209. The van der Waals surface area contributed by atoms with E-state index in [1.807, 2.05) is 0 Å². The van der Waals surface area contributed by atoms with E-state index in [0.29, 0.717) is 43.8 Å². The number of fused-ring (bicyclic) bond motifs is 6. The van der Waals surface area contributed by atoms with Crippen LogP contribution >= 0.6 is 0 Å². The maximum Gasteiger partial charge on any atom is 0.410 e. The van der Waals surface area contributed by atoms with E-state index in [2.05, 4.69) is 18.9 Å². The Morgan fingerprint density at radius 3 is 1.79 bits per heavy atom. The highest BCUT2D eigenvalue weighted by Crippen LogP contribution is 2.44. The zero-order valence-electron chi connectivity index (χ0n) is 27.9. The second-order valence-electron chi connectivity index (χ2n) is 11.1. The summed E-state index contributed by atoms with van der Waals surface area (Å²) in [5, 5.41) is 0. The smallest absolute Gasteiger partial charge is 0.410 e. The van der Waals surface area contributed by atoms with Crippen molar-refractivity contribution in [3.05, 3.63) is 45.2 Å². The molecule has 4 bridgehead atoms. The van der Waals surface area contributed by atoms with Gasteiger partial charge in [0, 0.05) is 43.0 Å². The molecule has 4 atom stereocenters. The van der Waals surface area contributed by atoms with Crippen LogP contribution in [-0.2, 0) is 49.2 Å². The number of rotatable bonds is 6. The van der Waals surface area contributed by atoms with Crippen LogP contribution in [0.3, 0.4) is 0 Å². The third-order valence-electron chi connectivity index (χ3n) is 8.30. The molecule has 1 aromatic rings. The van der Waals surface area contributed by atoms with Crippen molar-refractivity contribution in [2.24, 2.45) is 0 Å². The molecule has 0 radical (unpaired) electrons. The first-order valence-corrected chi connectivity index (χ1v) is 15.5. The zero-order valence-corrected chi connectivity index (χ0v) is 27.9. The van der Waals surface area contributed by atoms with Crippen LogP contribution < -0.4 is 5.63 Å². The van der Waals surface area contributed by atoms with Crippen LogP contribution in [0, 0.1) is 0 Å². The minimum atomic E-state index is -0.788. The Hall–Kier alpha value is -4.89. The molecule has 5 heterocycles. The third-order valence-corrected chi connectivity index (χ3v) is 8.30. The van der Waals surface area contributed by atoms with Gasteiger partial charge in [-0.25, -0.2) is 28.8 Å². The predicted molar refractivity (Wildman–Crippen MR) is 164 cm³/mol. The first-order valence-electron chi connectivity index (χ1n) is 15.5. The monoisotopic (exact) mass is 678 g/mol. The molecule has 264 valence electrons. The zero-order chi connectivity index (χ0) is 35.5. The number of piperidine rings is 1. The van der Waals surface area contributed by atoms with Gasteiger partial charge >= 0.3 is 35.7 Å².